The van der Waals surface area contributed by atoms with Gasteiger partial charge in [0.15, 0.2) is 0 Å². The third-order valence-electron chi connectivity index (χ3n) is 3.81. The lowest BCUT2D eigenvalue weighted by Crippen LogP contribution is -2.26. The first-order valence-electron chi connectivity index (χ1n) is 7.01. The summed E-state index contributed by atoms with van der Waals surface area (Å²) in [4.78, 5) is 7.18. The van der Waals surface area contributed by atoms with E-state index in [1.54, 1.807) is 0 Å². The van der Waals surface area contributed by atoms with Crippen LogP contribution in [0.15, 0.2) is 30.3 Å². The van der Waals surface area contributed by atoms with Crippen molar-refractivity contribution in [2.45, 2.75) is 25.6 Å². The van der Waals surface area contributed by atoms with E-state index in [4.69, 9.17) is 16.6 Å². The lowest BCUT2D eigenvalue weighted by molar-refractivity contribution is 0.733. The monoisotopic (exact) mass is 274 g/mol. The molecule has 1 saturated carbocycles. The number of nitrogens with zero attached hydrogens (tertiary/aromatic N) is 2. The van der Waals surface area contributed by atoms with Gasteiger partial charge in [0.2, 0.25) is 0 Å². The minimum Gasteiger partial charge on any atom is -0.357 e. The van der Waals surface area contributed by atoms with E-state index >= 15 is 0 Å². The zero-order valence-electron chi connectivity index (χ0n) is 11.3. The SMILES string of the molecule is CCN(CC1CC1)c1cc(CCl)c2ccccc2n1. The minimum absolute atomic E-state index is 0.539. The van der Waals surface area contributed by atoms with Crippen LogP contribution in [-0.2, 0) is 5.88 Å². The van der Waals surface area contributed by atoms with E-state index in [0.717, 1.165) is 30.3 Å². The Hall–Kier alpha value is -1.28. The summed E-state index contributed by atoms with van der Waals surface area (Å²) in [6, 6.07) is 10.4. The van der Waals surface area contributed by atoms with Crippen molar-refractivity contribution in [2.75, 3.05) is 18.0 Å². The number of halogens is 1. The number of hydrogen-bond donors (Lipinski definition) is 0. The van der Waals surface area contributed by atoms with E-state index in [1.807, 2.05) is 12.1 Å². The average molecular weight is 275 g/mol. The molecule has 0 N–H and O–H groups in total. The number of fused-ring (bicyclic) bond motifs is 1. The standard InChI is InChI=1S/C16H19ClN2/c1-2-19(11-12-7-8-12)16-9-13(10-17)14-5-3-4-6-15(14)18-16/h3-6,9,12H,2,7-8,10-11H2,1H3. The summed E-state index contributed by atoms with van der Waals surface area (Å²) in [7, 11) is 0. The van der Waals surface area contributed by atoms with Gasteiger partial charge >= 0.3 is 0 Å². The van der Waals surface area contributed by atoms with Crippen LogP contribution in [0.2, 0.25) is 0 Å². The molecular formula is C16H19ClN2. The number of benzene rings is 1. The van der Waals surface area contributed by atoms with Crippen LogP contribution in [0.3, 0.4) is 0 Å². The van der Waals surface area contributed by atoms with Crippen molar-refractivity contribution in [3.8, 4) is 0 Å². The molecule has 100 valence electrons. The molecule has 1 aliphatic rings. The number of anilines is 1. The van der Waals surface area contributed by atoms with Crippen LogP contribution in [-0.4, -0.2) is 18.1 Å². The lowest BCUT2D eigenvalue weighted by Gasteiger charge is -2.23. The maximum absolute atomic E-state index is 6.10. The molecule has 1 aliphatic carbocycles. The van der Waals surface area contributed by atoms with Gasteiger partial charge in [0.05, 0.1) is 5.52 Å². The van der Waals surface area contributed by atoms with Crippen molar-refractivity contribution in [1.29, 1.82) is 0 Å². The predicted octanol–water partition coefficient (Wildman–Crippen LogP) is 4.21. The van der Waals surface area contributed by atoms with Crippen molar-refractivity contribution < 1.29 is 0 Å². The van der Waals surface area contributed by atoms with Gasteiger partial charge in [-0.2, -0.15) is 0 Å². The Bertz CT molecular complexity index is 578. The summed E-state index contributed by atoms with van der Waals surface area (Å²) < 4.78 is 0. The van der Waals surface area contributed by atoms with Crippen molar-refractivity contribution in [3.05, 3.63) is 35.9 Å². The molecule has 3 heteroatoms. The Balaban J connectivity index is 2.02. The van der Waals surface area contributed by atoms with Crippen LogP contribution in [0.1, 0.15) is 25.3 Å². The zero-order valence-corrected chi connectivity index (χ0v) is 12.0. The molecular weight excluding hydrogens is 256 g/mol. The third-order valence-corrected chi connectivity index (χ3v) is 4.10. The fraction of sp³-hybridized carbons (Fsp3) is 0.438. The molecule has 0 bridgehead atoms. The molecule has 1 aromatic carbocycles. The van der Waals surface area contributed by atoms with Crippen molar-refractivity contribution in [2.24, 2.45) is 5.92 Å². The highest BCUT2D eigenvalue weighted by atomic mass is 35.5. The lowest BCUT2D eigenvalue weighted by atomic mass is 10.1. The molecule has 3 rings (SSSR count). The van der Waals surface area contributed by atoms with E-state index in [0.29, 0.717) is 5.88 Å². The summed E-state index contributed by atoms with van der Waals surface area (Å²) in [6.45, 7) is 4.33. The first-order chi connectivity index (χ1) is 9.31. The highest BCUT2D eigenvalue weighted by molar-refractivity contribution is 6.18. The van der Waals surface area contributed by atoms with Crippen LogP contribution < -0.4 is 4.90 Å². The van der Waals surface area contributed by atoms with E-state index in [2.05, 4.69) is 30.0 Å². The number of aromatic nitrogens is 1. The molecule has 0 aliphatic heterocycles. The largest absolute Gasteiger partial charge is 0.357 e. The normalized spacial score (nSPS) is 14.8. The maximum Gasteiger partial charge on any atom is 0.129 e. The summed E-state index contributed by atoms with van der Waals surface area (Å²) in [5, 5.41) is 1.17. The number of rotatable bonds is 5. The van der Waals surface area contributed by atoms with Crippen molar-refractivity contribution in [1.82, 2.24) is 4.98 Å². The van der Waals surface area contributed by atoms with E-state index < -0.39 is 0 Å². The molecule has 0 amide bonds. The first-order valence-corrected chi connectivity index (χ1v) is 7.55. The van der Waals surface area contributed by atoms with Crippen LogP contribution >= 0.6 is 11.6 Å². The van der Waals surface area contributed by atoms with Gasteiger partial charge in [-0.05, 0) is 43.4 Å². The van der Waals surface area contributed by atoms with Gasteiger partial charge in [-0.25, -0.2) is 4.98 Å². The molecule has 19 heavy (non-hydrogen) atoms. The molecule has 1 fully saturated rings. The molecule has 1 aromatic heterocycles. The summed E-state index contributed by atoms with van der Waals surface area (Å²) >= 11 is 6.10. The molecule has 0 unspecified atom stereocenters. The molecule has 2 aromatic rings. The van der Waals surface area contributed by atoms with Gasteiger partial charge < -0.3 is 4.90 Å². The third kappa shape index (κ3) is 2.69. The van der Waals surface area contributed by atoms with Gasteiger partial charge in [-0.3, -0.25) is 0 Å². The Morgan fingerprint density at radius 3 is 2.79 bits per heavy atom. The predicted molar refractivity (Wildman–Crippen MR) is 81.9 cm³/mol. The van der Waals surface area contributed by atoms with Gasteiger partial charge in [-0.1, -0.05) is 18.2 Å². The van der Waals surface area contributed by atoms with Crippen molar-refractivity contribution >= 4 is 28.3 Å². The second-order valence-corrected chi connectivity index (χ2v) is 5.54. The second-order valence-electron chi connectivity index (χ2n) is 5.27. The fourth-order valence-corrected chi connectivity index (χ4v) is 2.72. The number of pyridine rings is 1. The van der Waals surface area contributed by atoms with Gasteiger partial charge in [0.1, 0.15) is 5.82 Å². The number of para-hydroxylation sites is 1. The molecule has 0 radical (unpaired) electrons. The topological polar surface area (TPSA) is 16.1 Å². The van der Waals surface area contributed by atoms with Crippen LogP contribution in [0.5, 0.6) is 0 Å². The van der Waals surface area contributed by atoms with Gasteiger partial charge in [0.25, 0.3) is 0 Å². The minimum atomic E-state index is 0.539. The Labute approximate surface area is 119 Å². The molecule has 2 nitrogen and oxygen atoms in total. The van der Waals surface area contributed by atoms with Crippen LogP contribution in [0.4, 0.5) is 5.82 Å². The fourth-order valence-electron chi connectivity index (χ4n) is 2.50. The maximum atomic E-state index is 6.10. The summed E-state index contributed by atoms with van der Waals surface area (Å²) in [5.74, 6) is 2.48. The number of alkyl halides is 1. The Kier molecular flexibility index (Phi) is 3.61. The van der Waals surface area contributed by atoms with Crippen LogP contribution in [0, 0.1) is 5.92 Å². The smallest absolute Gasteiger partial charge is 0.129 e. The number of hydrogen-bond acceptors (Lipinski definition) is 2. The Morgan fingerprint density at radius 1 is 1.32 bits per heavy atom. The molecule has 0 saturated heterocycles. The van der Waals surface area contributed by atoms with E-state index in [9.17, 15) is 0 Å². The molecule has 1 heterocycles. The van der Waals surface area contributed by atoms with Crippen LogP contribution in [0.25, 0.3) is 10.9 Å². The zero-order chi connectivity index (χ0) is 13.2. The van der Waals surface area contributed by atoms with E-state index in [1.165, 1.54) is 23.8 Å². The average Bonchev–Trinajstić information content (AvgIpc) is 3.27. The quantitative estimate of drug-likeness (QED) is 0.759. The highest BCUT2D eigenvalue weighted by Gasteiger charge is 2.24. The molecule has 0 atom stereocenters. The van der Waals surface area contributed by atoms with E-state index in [-0.39, 0.29) is 0 Å². The van der Waals surface area contributed by atoms with Gasteiger partial charge in [0, 0.05) is 24.4 Å². The summed E-state index contributed by atoms with van der Waals surface area (Å²) in [5.41, 5.74) is 2.22. The highest BCUT2D eigenvalue weighted by Crippen LogP contribution is 2.32. The Morgan fingerprint density at radius 2 is 2.11 bits per heavy atom. The van der Waals surface area contributed by atoms with Gasteiger partial charge in [-0.15, -0.1) is 11.6 Å². The first kappa shape index (κ1) is 12.7. The second kappa shape index (κ2) is 5.38. The molecule has 0 spiro atoms. The summed E-state index contributed by atoms with van der Waals surface area (Å²) in [6.07, 6.45) is 2.74. The van der Waals surface area contributed by atoms with Crippen molar-refractivity contribution in [3.63, 3.8) is 0 Å².